The Bertz CT molecular complexity index is 165. The number of likely N-dealkylation sites (N-methyl/N-ethyl adjacent to an activating group) is 1. The molecule has 1 fully saturated rings. The summed E-state index contributed by atoms with van der Waals surface area (Å²) in [6, 6.07) is 0.0992. The molecule has 82 valence electrons. The van der Waals surface area contributed by atoms with Crippen LogP contribution in [0.4, 0.5) is 4.79 Å². The van der Waals surface area contributed by atoms with Gasteiger partial charge in [-0.1, -0.05) is 12.8 Å². The fraction of sp³-hybridized carbons (Fsp3) is 0.900. The number of urea groups is 1. The van der Waals surface area contributed by atoms with Crippen LogP contribution in [0.15, 0.2) is 0 Å². The molecule has 0 aromatic heterocycles. The smallest absolute Gasteiger partial charge is 0.317 e. The van der Waals surface area contributed by atoms with Gasteiger partial charge in [-0.25, -0.2) is 4.79 Å². The number of rotatable bonds is 3. The summed E-state index contributed by atoms with van der Waals surface area (Å²) in [6.07, 6.45) is 4.83. The Labute approximate surface area is 86.0 Å². The molecular weight excluding hydrogens is 178 g/mol. The normalized spacial score (nSPS) is 17.6. The SMILES string of the molecule is CNCCNC(=O)N1CCCCCC1. The van der Waals surface area contributed by atoms with Gasteiger partial charge in [-0.15, -0.1) is 0 Å². The summed E-state index contributed by atoms with van der Waals surface area (Å²) >= 11 is 0. The molecule has 2 N–H and O–H groups in total. The number of likely N-dealkylation sites (tertiary alicyclic amines) is 1. The zero-order chi connectivity index (χ0) is 10.2. The molecule has 1 aliphatic heterocycles. The number of hydrogen-bond acceptors (Lipinski definition) is 2. The molecule has 0 unspecified atom stereocenters. The molecule has 0 bridgehead atoms. The molecule has 0 spiro atoms. The van der Waals surface area contributed by atoms with Gasteiger partial charge in [0.25, 0.3) is 0 Å². The summed E-state index contributed by atoms with van der Waals surface area (Å²) in [6.45, 7) is 3.39. The van der Waals surface area contributed by atoms with Gasteiger partial charge < -0.3 is 15.5 Å². The van der Waals surface area contributed by atoms with Crippen molar-refractivity contribution in [2.24, 2.45) is 0 Å². The average Bonchev–Trinajstić information content (AvgIpc) is 2.46. The topological polar surface area (TPSA) is 44.4 Å². The number of hydrogen-bond donors (Lipinski definition) is 2. The Morgan fingerprint density at radius 3 is 2.36 bits per heavy atom. The van der Waals surface area contributed by atoms with E-state index in [1.54, 1.807) is 0 Å². The van der Waals surface area contributed by atoms with Gasteiger partial charge in [-0.2, -0.15) is 0 Å². The van der Waals surface area contributed by atoms with Crippen molar-refractivity contribution < 1.29 is 4.79 Å². The highest BCUT2D eigenvalue weighted by Crippen LogP contribution is 2.09. The Morgan fingerprint density at radius 2 is 1.79 bits per heavy atom. The van der Waals surface area contributed by atoms with Crippen LogP contribution in [-0.2, 0) is 0 Å². The van der Waals surface area contributed by atoms with Gasteiger partial charge in [0.2, 0.25) is 0 Å². The van der Waals surface area contributed by atoms with Gasteiger partial charge in [-0.05, 0) is 19.9 Å². The minimum Gasteiger partial charge on any atom is -0.337 e. The molecule has 0 radical (unpaired) electrons. The molecule has 4 heteroatoms. The van der Waals surface area contributed by atoms with Crippen LogP contribution in [0, 0.1) is 0 Å². The maximum absolute atomic E-state index is 11.6. The van der Waals surface area contributed by atoms with Crippen molar-refractivity contribution in [2.45, 2.75) is 25.7 Å². The number of nitrogens with one attached hydrogen (secondary N) is 2. The third kappa shape index (κ3) is 3.96. The Hall–Kier alpha value is -0.770. The standard InChI is InChI=1S/C10H21N3O/c1-11-6-7-12-10(14)13-8-4-2-3-5-9-13/h11H,2-9H2,1H3,(H,12,14). The van der Waals surface area contributed by atoms with E-state index < -0.39 is 0 Å². The quantitative estimate of drug-likeness (QED) is 0.660. The fourth-order valence-corrected chi connectivity index (χ4v) is 1.68. The zero-order valence-electron chi connectivity index (χ0n) is 9.01. The summed E-state index contributed by atoms with van der Waals surface area (Å²) in [5.74, 6) is 0. The molecule has 1 heterocycles. The van der Waals surface area contributed by atoms with E-state index in [1.807, 2.05) is 11.9 Å². The van der Waals surface area contributed by atoms with Gasteiger partial charge in [0.15, 0.2) is 0 Å². The van der Waals surface area contributed by atoms with Crippen LogP contribution in [0.1, 0.15) is 25.7 Å². The van der Waals surface area contributed by atoms with Crippen molar-refractivity contribution in [3.05, 3.63) is 0 Å². The van der Waals surface area contributed by atoms with Crippen LogP contribution in [-0.4, -0.2) is 44.2 Å². The first-order valence-corrected chi connectivity index (χ1v) is 5.52. The minimum atomic E-state index is 0.0992. The first kappa shape index (κ1) is 11.3. The lowest BCUT2D eigenvalue weighted by atomic mass is 10.2. The summed E-state index contributed by atoms with van der Waals surface area (Å²) in [4.78, 5) is 13.5. The van der Waals surface area contributed by atoms with Crippen LogP contribution in [0.2, 0.25) is 0 Å². The van der Waals surface area contributed by atoms with Gasteiger partial charge in [0, 0.05) is 26.2 Å². The number of amides is 2. The minimum absolute atomic E-state index is 0.0992. The van der Waals surface area contributed by atoms with Crippen molar-refractivity contribution in [2.75, 3.05) is 33.2 Å². The van der Waals surface area contributed by atoms with E-state index in [0.29, 0.717) is 6.54 Å². The highest BCUT2D eigenvalue weighted by Gasteiger charge is 2.13. The monoisotopic (exact) mass is 199 g/mol. The molecule has 2 amide bonds. The van der Waals surface area contributed by atoms with Crippen molar-refractivity contribution >= 4 is 6.03 Å². The van der Waals surface area contributed by atoms with Crippen LogP contribution in [0.25, 0.3) is 0 Å². The molecule has 0 atom stereocenters. The summed E-state index contributed by atoms with van der Waals surface area (Å²) < 4.78 is 0. The number of carbonyl (C=O) groups excluding carboxylic acids is 1. The van der Waals surface area contributed by atoms with E-state index in [2.05, 4.69) is 10.6 Å². The second-order valence-corrected chi connectivity index (χ2v) is 3.74. The summed E-state index contributed by atoms with van der Waals surface area (Å²) in [7, 11) is 1.89. The third-order valence-corrected chi connectivity index (χ3v) is 2.54. The van der Waals surface area contributed by atoms with Crippen LogP contribution in [0.5, 0.6) is 0 Å². The molecule has 1 aliphatic rings. The number of carbonyl (C=O) groups is 1. The van der Waals surface area contributed by atoms with E-state index >= 15 is 0 Å². The van der Waals surface area contributed by atoms with E-state index in [4.69, 9.17) is 0 Å². The fourth-order valence-electron chi connectivity index (χ4n) is 1.68. The van der Waals surface area contributed by atoms with Gasteiger partial charge >= 0.3 is 6.03 Å². The molecule has 0 aromatic rings. The van der Waals surface area contributed by atoms with E-state index in [0.717, 1.165) is 32.5 Å². The summed E-state index contributed by atoms with van der Waals surface area (Å²) in [5.41, 5.74) is 0. The molecule has 1 rings (SSSR count). The van der Waals surface area contributed by atoms with Crippen molar-refractivity contribution in [1.82, 2.24) is 15.5 Å². The van der Waals surface area contributed by atoms with Gasteiger partial charge in [0.05, 0.1) is 0 Å². The van der Waals surface area contributed by atoms with Crippen molar-refractivity contribution in [1.29, 1.82) is 0 Å². The lowest BCUT2D eigenvalue weighted by Gasteiger charge is -2.20. The predicted octanol–water partition coefficient (Wildman–Crippen LogP) is 0.791. The molecule has 14 heavy (non-hydrogen) atoms. The molecule has 0 aromatic carbocycles. The van der Waals surface area contributed by atoms with Crippen molar-refractivity contribution in [3.63, 3.8) is 0 Å². The zero-order valence-corrected chi connectivity index (χ0v) is 9.01. The van der Waals surface area contributed by atoms with Crippen LogP contribution in [0.3, 0.4) is 0 Å². The third-order valence-electron chi connectivity index (χ3n) is 2.54. The van der Waals surface area contributed by atoms with E-state index in [9.17, 15) is 4.79 Å². The Kier molecular flexibility index (Phi) is 5.37. The second kappa shape index (κ2) is 6.65. The largest absolute Gasteiger partial charge is 0.337 e. The highest BCUT2D eigenvalue weighted by molar-refractivity contribution is 5.74. The van der Waals surface area contributed by atoms with Gasteiger partial charge in [0.1, 0.15) is 0 Å². The van der Waals surface area contributed by atoms with Gasteiger partial charge in [-0.3, -0.25) is 0 Å². The van der Waals surface area contributed by atoms with Crippen LogP contribution < -0.4 is 10.6 Å². The molecule has 1 saturated heterocycles. The highest BCUT2D eigenvalue weighted by atomic mass is 16.2. The summed E-state index contributed by atoms with van der Waals surface area (Å²) in [5, 5.41) is 5.91. The Balaban J connectivity index is 2.20. The van der Waals surface area contributed by atoms with E-state index in [1.165, 1.54) is 12.8 Å². The second-order valence-electron chi connectivity index (χ2n) is 3.74. The molecule has 0 aliphatic carbocycles. The molecule has 0 saturated carbocycles. The van der Waals surface area contributed by atoms with E-state index in [-0.39, 0.29) is 6.03 Å². The maximum atomic E-state index is 11.6. The number of nitrogens with zero attached hydrogens (tertiary/aromatic N) is 1. The van der Waals surface area contributed by atoms with Crippen molar-refractivity contribution in [3.8, 4) is 0 Å². The molecule has 4 nitrogen and oxygen atoms in total. The average molecular weight is 199 g/mol. The Morgan fingerprint density at radius 1 is 1.14 bits per heavy atom. The molecular formula is C10H21N3O. The first-order chi connectivity index (χ1) is 6.84. The maximum Gasteiger partial charge on any atom is 0.317 e. The lowest BCUT2D eigenvalue weighted by Crippen LogP contribution is -2.42. The van der Waals surface area contributed by atoms with Crippen LogP contribution >= 0.6 is 0 Å². The first-order valence-electron chi connectivity index (χ1n) is 5.52. The predicted molar refractivity (Wildman–Crippen MR) is 57.4 cm³/mol. The lowest BCUT2D eigenvalue weighted by molar-refractivity contribution is 0.200.